The molecule has 0 radical (unpaired) electrons. The van der Waals surface area contributed by atoms with Crippen molar-refractivity contribution in [1.82, 2.24) is 0 Å². The van der Waals surface area contributed by atoms with Crippen LogP contribution in [0, 0.1) is 56.7 Å². The standard InChI is InChI=1S/C40H58O5/c1-25-16-21-40(35(42)44-24-28-12-10-11-13-30(28)43-9)23-22-38(7)29(34(40)26(25)2)14-15-32-37(6)19-18-33(45-27(3)41)36(4,5)31(37)17-20-39(32,38)8/h10-14,25-26,31-34H,15-24H2,1-9H3. The first-order valence-corrected chi connectivity index (χ1v) is 17.8. The molecule has 1 aromatic rings. The van der Waals surface area contributed by atoms with Gasteiger partial charge in [0.15, 0.2) is 0 Å². The molecule has 0 aromatic heterocycles. The van der Waals surface area contributed by atoms with Crippen molar-refractivity contribution in [2.24, 2.45) is 56.7 Å². The van der Waals surface area contributed by atoms with Crippen molar-refractivity contribution in [3.8, 4) is 5.75 Å². The van der Waals surface area contributed by atoms with Gasteiger partial charge in [0.1, 0.15) is 18.5 Å². The van der Waals surface area contributed by atoms with Gasteiger partial charge in [-0.15, -0.1) is 0 Å². The molecule has 5 heteroatoms. The molecule has 0 bridgehead atoms. The van der Waals surface area contributed by atoms with Crippen LogP contribution in [0.2, 0.25) is 0 Å². The minimum atomic E-state index is -0.465. The molecule has 248 valence electrons. The van der Waals surface area contributed by atoms with E-state index in [0.29, 0.717) is 23.7 Å². The predicted octanol–water partition coefficient (Wildman–Crippen LogP) is 9.33. The van der Waals surface area contributed by atoms with Crippen molar-refractivity contribution >= 4 is 11.9 Å². The van der Waals surface area contributed by atoms with Gasteiger partial charge >= 0.3 is 11.9 Å². The average Bonchev–Trinajstić information content (AvgIpc) is 2.99. The molecule has 4 saturated carbocycles. The van der Waals surface area contributed by atoms with E-state index in [1.807, 2.05) is 24.3 Å². The van der Waals surface area contributed by atoms with Gasteiger partial charge in [-0.1, -0.05) is 78.3 Å². The minimum Gasteiger partial charge on any atom is -0.496 e. The van der Waals surface area contributed by atoms with Crippen molar-refractivity contribution in [1.29, 1.82) is 0 Å². The molecule has 0 N–H and O–H groups in total. The van der Waals surface area contributed by atoms with Crippen LogP contribution in [-0.4, -0.2) is 25.2 Å². The number of ether oxygens (including phenoxy) is 3. The van der Waals surface area contributed by atoms with Gasteiger partial charge in [0.05, 0.1) is 12.5 Å². The Bertz CT molecular complexity index is 1360. The molecule has 5 nitrogen and oxygen atoms in total. The second kappa shape index (κ2) is 11.2. The van der Waals surface area contributed by atoms with E-state index in [1.165, 1.54) is 12.8 Å². The van der Waals surface area contributed by atoms with Gasteiger partial charge in [-0.2, -0.15) is 0 Å². The molecule has 0 heterocycles. The predicted molar refractivity (Wildman–Crippen MR) is 177 cm³/mol. The van der Waals surface area contributed by atoms with Crippen molar-refractivity contribution in [2.45, 2.75) is 126 Å². The monoisotopic (exact) mass is 618 g/mol. The van der Waals surface area contributed by atoms with E-state index in [1.54, 1.807) is 19.6 Å². The van der Waals surface area contributed by atoms with Crippen LogP contribution in [-0.2, 0) is 25.7 Å². The second-order valence-corrected chi connectivity index (χ2v) is 17.1. The number of carbonyl (C=O) groups excluding carboxylic acids is 2. The lowest BCUT2D eigenvalue weighted by Crippen LogP contribution is -2.65. The molecule has 0 spiro atoms. The summed E-state index contributed by atoms with van der Waals surface area (Å²) in [5, 5.41) is 0. The molecule has 5 aliphatic carbocycles. The summed E-state index contributed by atoms with van der Waals surface area (Å²) >= 11 is 0. The molecule has 10 atom stereocenters. The van der Waals surface area contributed by atoms with E-state index < -0.39 is 5.41 Å². The minimum absolute atomic E-state index is 0.00593. The molecule has 6 rings (SSSR count). The third-order valence-corrected chi connectivity index (χ3v) is 15.2. The number of fused-ring (bicyclic) bond motifs is 7. The van der Waals surface area contributed by atoms with Crippen molar-refractivity contribution in [2.75, 3.05) is 7.11 Å². The van der Waals surface area contributed by atoms with Gasteiger partial charge in [0, 0.05) is 17.9 Å². The zero-order chi connectivity index (χ0) is 32.6. The zero-order valence-electron chi connectivity index (χ0n) is 29.5. The highest BCUT2D eigenvalue weighted by Crippen LogP contribution is 2.76. The van der Waals surface area contributed by atoms with Gasteiger partial charge in [0.25, 0.3) is 0 Å². The Morgan fingerprint density at radius 3 is 2.33 bits per heavy atom. The highest BCUT2D eigenvalue weighted by molar-refractivity contribution is 5.79. The lowest BCUT2D eigenvalue weighted by Gasteiger charge is -2.71. The van der Waals surface area contributed by atoms with Crippen LogP contribution >= 0.6 is 0 Å². The summed E-state index contributed by atoms with van der Waals surface area (Å²) in [5.74, 6) is 2.90. The number of esters is 2. The summed E-state index contributed by atoms with van der Waals surface area (Å²) in [4.78, 5) is 26.4. The maximum absolute atomic E-state index is 14.4. The third kappa shape index (κ3) is 4.66. The van der Waals surface area contributed by atoms with Gasteiger partial charge < -0.3 is 14.2 Å². The Hall–Kier alpha value is -2.30. The van der Waals surface area contributed by atoms with Crippen LogP contribution in [0.1, 0.15) is 119 Å². The normalized spacial score (nSPS) is 43.4. The summed E-state index contributed by atoms with van der Waals surface area (Å²) in [6.45, 7) is 19.1. The molecule has 5 aliphatic rings. The summed E-state index contributed by atoms with van der Waals surface area (Å²) in [7, 11) is 1.67. The number of hydrogen-bond acceptors (Lipinski definition) is 5. The Labute approximate surface area is 272 Å². The lowest BCUT2D eigenvalue weighted by atomic mass is 9.33. The Balaban J connectivity index is 1.34. The van der Waals surface area contributed by atoms with Crippen LogP contribution < -0.4 is 4.74 Å². The molecule has 1 aromatic carbocycles. The number of rotatable bonds is 5. The van der Waals surface area contributed by atoms with Gasteiger partial charge in [-0.25, -0.2) is 0 Å². The van der Waals surface area contributed by atoms with Crippen LogP contribution in [0.5, 0.6) is 5.75 Å². The summed E-state index contributed by atoms with van der Waals surface area (Å²) < 4.78 is 17.8. The first kappa shape index (κ1) is 32.6. The van der Waals surface area contributed by atoms with E-state index in [0.717, 1.165) is 56.3 Å². The Morgan fingerprint density at radius 1 is 0.889 bits per heavy atom. The van der Waals surface area contributed by atoms with Crippen LogP contribution in [0.15, 0.2) is 35.9 Å². The molecular formula is C40H58O5. The Kier molecular flexibility index (Phi) is 8.09. The van der Waals surface area contributed by atoms with Gasteiger partial charge in [-0.05, 0) is 110 Å². The van der Waals surface area contributed by atoms with Gasteiger partial charge in [-0.3, -0.25) is 9.59 Å². The van der Waals surface area contributed by atoms with Crippen LogP contribution in [0.4, 0.5) is 0 Å². The first-order chi connectivity index (χ1) is 21.2. The maximum Gasteiger partial charge on any atom is 0.313 e. The summed E-state index contributed by atoms with van der Waals surface area (Å²) in [5.41, 5.74) is 2.35. The maximum atomic E-state index is 14.4. The molecule has 0 amide bonds. The van der Waals surface area contributed by atoms with Crippen molar-refractivity contribution in [3.05, 3.63) is 41.5 Å². The van der Waals surface area contributed by atoms with E-state index in [9.17, 15) is 9.59 Å². The SMILES string of the molecule is COc1ccccc1COC(=O)C12CCC(C)C(C)C1C1=CCC3C4(C)CCC(OC(C)=O)C(C)(C)C4CCC3(C)C1(C)CC2. The van der Waals surface area contributed by atoms with E-state index in [2.05, 4.69) is 54.5 Å². The topological polar surface area (TPSA) is 61.8 Å². The number of methoxy groups -OCH3 is 1. The largest absolute Gasteiger partial charge is 0.496 e. The summed E-state index contributed by atoms with van der Waals surface area (Å²) in [6, 6.07) is 7.86. The fourth-order valence-electron chi connectivity index (χ4n) is 12.3. The molecule has 0 saturated heterocycles. The molecular weight excluding hydrogens is 560 g/mol. The van der Waals surface area contributed by atoms with Crippen molar-refractivity contribution in [3.63, 3.8) is 0 Å². The fraction of sp³-hybridized carbons (Fsp3) is 0.750. The number of para-hydroxylation sites is 1. The van der Waals surface area contributed by atoms with Crippen LogP contribution in [0.3, 0.4) is 0 Å². The molecule has 0 aliphatic heterocycles. The van der Waals surface area contributed by atoms with E-state index >= 15 is 0 Å². The number of carbonyl (C=O) groups is 2. The van der Waals surface area contributed by atoms with Crippen LogP contribution in [0.25, 0.3) is 0 Å². The quantitative estimate of drug-likeness (QED) is 0.243. The van der Waals surface area contributed by atoms with E-state index in [4.69, 9.17) is 14.2 Å². The molecule has 10 unspecified atom stereocenters. The first-order valence-electron chi connectivity index (χ1n) is 17.8. The zero-order valence-corrected chi connectivity index (χ0v) is 29.5. The fourth-order valence-corrected chi connectivity index (χ4v) is 12.3. The average molecular weight is 619 g/mol. The second-order valence-electron chi connectivity index (χ2n) is 17.1. The summed E-state index contributed by atoms with van der Waals surface area (Å²) in [6.07, 6.45) is 12.0. The molecule has 45 heavy (non-hydrogen) atoms. The number of hydrogen-bond donors (Lipinski definition) is 0. The lowest BCUT2D eigenvalue weighted by molar-refractivity contribution is -0.214. The smallest absolute Gasteiger partial charge is 0.313 e. The number of benzene rings is 1. The highest BCUT2D eigenvalue weighted by Gasteiger charge is 2.70. The molecule has 4 fully saturated rings. The third-order valence-electron chi connectivity index (χ3n) is 15.2. The van der Waals surface area contributed by atoms with Gasteiger partial charge in [0.2, 0.25) is 0 Å². The van der Waals surface area contributed by atoms with Crippen molar-refractivity contribution < 1.29 is 23.8 Å². The Morgan fingerprint density at radius 2 is 1.62 bits per heavy atom. The highest BCUT2D eigenvalue weighted by atomic mass is 16.5. The number of allylic oxidation sites excluding steroid dienone is 2. The van der Waals surface area contributed by atoms with E-state index in [-0.39, 0.29) is 52.2 Å².